The number of hydrogen-bond acceptors (Lipinski definition) is 7. The summed E-state index contributed by atoms with van der Waals surface area (Å²) in [5.41, 5.74) is 0.915. The molecule has 0 fully saturated rings. The first-order valence-electron chi connectivity index (χ1n) is 14.3. The molecule has 4 aromatic rings. The summed E-state index contributed by atoms with van der Waals surface area (Å²) in [6.45, 7) is 1.74. The Morgan fingerprint density at radius 3 is 2.07 bits per heavy atom. The van der Waals surface area contributed by atoms with Crippen LogP contribution < -0.4 is 15.4 Å². The van der Waals surface area contributed by atoms with E-state index in [4.69, 9.17) is 9.47 Å². The number of thiophene rings is 2. The van der Waals surface area contributed by atoms with E-state index in [0.29, 0.717) is 44.6 Å². The van der Waals surface area contributed by atoms with Gasteiger partial charge >= 0.3 is 6.09 Å². The van der Waals surface area contributed by atoms with Gasteiger partial charge in [-0.2, -0.15) is 0 Å². The third-order valence-corrected chi connectivity index (χ3v) is 8.26. The van der Waals surface area contributed by atoms with Gasteiger partial charge in [-0.25, -0.2) is 4.79 Å². The van der Waals surface area contributed by atoms with E-state index < -0.39 is 12.1 Å². The summed E-state index contributed by atoms with van der Waals surface area (Å²) in [4.78, 5) is 42.9. The second-order valence-corrected chi connectivity index (χ2v) is 11.9. The molecular formula is C33H37N3O5S2. The molecule has 0 aliphatic heterocycles. The quantitative estimate of drug-likeness (QED) is 0.134. The van der Waals surface area contributed by atoms with E-state index in [-0.39, 0.29) is 31.4 Å². The van der Waals surface area contributed by atoms with Crippen molar-refractivity contribution < 1.29 is 23.9 Å². The predicted octanol–water partition coefficient (Wildman–Crippen LogP) is 6.39. The summed E-state index contributed by atoms with van der Waals surface area (Å²) < 4.78 is 11.0. The lowest BCUT2D eigenvalue weighted by molar-refractivity contribution is -0.137. The van der Waals surface area contributed by atoms with Crippen molar-refractivity contribution in [3.05, 3.63) is 111 Å². The van der Waals surface area contributed by atoms with Gasteiger partial charge in [0.05, 0.1) is 26.1 Å². The van der Waals surface area contributed by atoms with Crippen molar-refractivity contribution in [3.63, 3.8) is 0 Å². The molecule has 0 radical (unpaired) electrons. The second-order valence-electron chi connectivity index (χ2n) is 9.87. The van der Waals surface area contributed by atoms with Crippen LogP contribution in [0.2, 0.25) is 0 Å². The minimum atomic E-state index is -0.700. The molecule has 0 saturated heterocycles. The topological polar surface area (TPSA) is 97.0 Å². The first-order chi connectivity index (χ1) is 21.1. The summed E-state index contributed by atoms with van der Waals surface area (Å²) in [5, 5.41) is 9.72. The molecule has 226 valence electrons. The van der Waals surface area contributed by atoms with Crippen molar-refractivity contribution in [1.82, 2.24) is 15.5 Å². The highest BCUT2D eigenvalue weighted by molar-refractivity contribution is 7.10. The number of benzene rings is 2. The number of rotatable bonds is 17. The van der Waals surface area contributed by atoms with Crippen LogP contribution in [0.3, 0.4) is 0 Å². The molecule has 43 heavy (non-hydrogen) atoms. The summed E-state index contributed by atoms with van der Waals surface area (Å²) in [6, 6.07) is 26.1. The molecule has 3 amide bonds. The van der Waals surface area contributed by atoms with E-state index in [1.807, 2.05) is 101 Å². The highest BCUT2D eigenvalue weighted by Crippen LogP contribution is 2.19. The molecule has 4 rings (SSSR count). The summed E-state index contributed by atoms with van der Waals surface area (Å²) in [7, 11) is 0. The molecule has 10 heteroatoms. The van der Waals surface area contributed by atoms with Crippen LogP contribution in [0.15, 0.2) is 95.7 Å². The number of carbonyl (C=O) groups is 3. The van der Waals surface area contributed by atoms with Crippen LogP contribution in [0, 0.1) is 0 Å². The molecule has 0 aliphatic carbocycles. The Bertz CT molecular complexity index is 1330. The lowest BCUT2D eigenvalue weighted by atomic mass is 10.1. The van der Waals surface area contributed by atoms with Crippen LogP contribution in [-0.2, 0) is 34.0 Å². The van der Waals surface area contributed by atoms with Crippen molar-refractivity contribution >= 4 is 40.6 Å². The van der Waals surface area contributed by atoms with Crippen molar-refractivity contribution in [3.8, 4) is 5.75 Å². The van der Waals surface area contributed by atoms with Crippen molar-refractivity contribution in [1.29, 1.82) is 0 Å². The van der Waals surface area contributed by atoms with Crippen LogP contribution in [0.25, 0.3) is 0 Å². The first-order valence-corrected chi connectivity index (χ1v) is 16.1. The molecule has 0 aliphatic rings. The number of alkyl carbamates (subject to hydrolysis) is 1. The number of carbonyl (C=O) groups excluding carboxylic acids is 3. The maximum Gasteiger partial charge on any atom is 0.407 e. The number of ether oxygens (including phenoxy) is 2. The number of nitrogens with one attached hydrogen (secondary N) is 2. The zero-order valence-corrected chi connectivity index (χ0v) is 25.6. The highest BCUT2D eigenvalue weighted by atomic mass is 32.1. The Kier molecular flexibility index (Phi) is 13.1. The third-order valence-electron chi connectivity index (χ3n) is 6.54. The van der Waals surface area contributed by atoms with Gasteiger partial charge in [-0.1, -0.05) is 60.7 Å². The maximum atomic E-state index is 13.9. The van der Waals surface area contributed by atoms with E-state index in [2.05, 4.69) is 10.6 Å². The normalized spacial score (nSPS) is 11.3. The fraction of sp³-hybridized carbons (Fsp3) is 0.303. The molecule has 1 atom stereocenters. The van der Waals surface area contributed by atoms with Gasteiger partial charge < -0.3 is 25.0 Å². The lowest BCUT2D eigenvalue weighted by Gasteiger charge is -2.27. The van der Waals surface area contributed by atoms with Gasteiger partial charge in [0.15, 0.2) is 0 Å². The fourth-order valence-corrected chi connectivity index (χ4v) is 5.79. The smallest absolute Gasteiger partial charge is 0.407 e. The Hall–Kier alpha value is -4.15. The number of hydrogen-bond donors (Lipinski definition) is 2. The van der Waals surface area contributed by atoms with Gasteiger partial charge in [0.1, 0.15) is 18.4 Å². The maximum absolute atomic E-state index is 13.9. The summed E-state index contributed by atoms with van der Waals surface area (Å²) in [5.74, 6) is 0.314. The Balaban J connectivity index is 1.31. The van der Waals surface area contributed by atoms with Crippen LogP contribution in [0.5, 0.6) is 5.75 Å². The molecule has 8 nitrogen and oxygen atoms in total. The zero-order chi connectivity index (χ0) is 30.1. The average molecular weight is 620 g/mol. The van der Waals surface area contributed by atoms with Crippen LogP contribution in [0.4, 0.5) is 4.79 Å². The number of para-hydroxylation sites is 1. The molecule has 2 heterocycles. The molecule has 0 spiro atoms. The average Bonchev–Trinajstić information content (AvgIpc) is 3.74. The monoisotopic (exact) mass is 619 g/mol. The van der Waals surface area contributed by atoms with Gasteiger partial charge in [0.25, 0.3) is 0 Å². The van der Waals surface area contributed by atoms with Gasteiger partial charge in [-0.3, -0.25) is 9.59 Å². The van der Waals surface area contributed by atoms with Crippen LogP contribution in [-0.4, -0.2) is 42.0 Å². The Morgan fingerprint density at radius 2 is 1.44 bits per heavy atom. The molecule has 0 bridgehead atoms. The third kappa shape index (κ3) is 11.6. The van der Waals surface area contributed by atoms with Gasteiger partial charge in [0, 0.05) is 16.3 Å². The fourth-order valence-electron chi connectivity index (χ4n) is 4.35. The minimum Gasteiger partial charge on any atom is -0.493 e. The molecule has 0 saturated carbocycles. The van der Waals surface area contributed by atoms with Crippen molar-refractivity contribution in [2.45, 2.75) is 51.4 Å². The largest absolute Gasteiger partial charge is 0.493 e. The molecular weight excluding hydrogens is 583 g/mol. The lowest BCUT2D eigenvalue weighted by Crippen LogP contribution is -2.48. The standard InChI is InChI=1S/C33H37N3O5S2/c37-31(18-20-40-27-13-5-2-6-14-27)35-30(17-7-8-19-34-33(39)41-25-26-11-3-1-4-12-26)32(38)36(23-28-15-9-21-42-28)24-29-16-10-22-43-29/h1-6,9-16,21-22,30H,7-8,17-20,23-25H2,(H,34,39)(H,35,37)/t30-/m0/s1. The van der Waals surface area contributed by atoms with Gasteiger partial charge in [0.2, 0.25) is 11.8 Å². The summed E-state index contributed by atoms with van der Waals surface area (Å²) in [6.07, 6.45) is 1.34. The first kappa shape index (κ1) is 31.8. The van der Waals surface area contributed by atoms with E-state index in [9.17, 15) is 14.4 Å². The highest BCUT2D eigenvalue weighted by Gasteiger charge is 2.26. The van der Waals surface area contributed by atoms with Gasteiger partial charge in [-0.05, 0) is 59.9 Å². The minimum absolute atomic E-state index is 0.128. The zero-order valence-electron chi connectivity index (χ0n) is 24.0. The van der Waals surface area contributed by atoms with E-state index in [0.717, 1.165) is 15.3 Å². The van der Waals surface area contributed by atoms with Crippen LogP contribution in [0.1, 0.15) is 41.0 Å². The van der Waals surface area contributed by atoms with Crippen molar-refractivity contribution in [2.75, 3.05) is 13.2 Å². The summed E-state index contributed by atoms with van der Waals surface area (Å²) >= 11 is 3.20. The molecule has 2 N–H and O–H groups in total. The Labute approximate surface area is 260 Å². The Morgan fingerprint density at radius 1 is 0.791 bits per heavy atom. The SMILES string of the molecule is O=C(CCOc1ccccc1)N[C@@H](CCCCNC(=O)OCc1ccccc1)C(=O)N(Cc1cccs1)Cc1cccs1. The van der Waals surface area contributed by atoms with Crippen molar-refractivity contribution in [2.24, 2.45) is 0 Å². The van der Waals surface area contributed by atoms with Crippen LogP contribution >= 0.6 is 22.7 Å². The van der Waals surface area contributed by atoms with E-state index in [1.165, 1.54) is 0 Å². The van der Waals surface area contributed by atoms with E-state index >= 15 is 0 Å². The molecule has 2 aromatic carbocycles. The van der Waals surface area contributed by atoms with Gasteiger partial charge in [-0.15, -0.1) is 22.7 Å². The molecule has 2 aromatic heterocycles. The number of nitrogens with zero attached hydrogens (tertiary/aromatic N) is 1. The number of amides is 3. The second kappa shape index (κ2) is 17.7. The van der Waals surface area contributed by atoms with E-state index in [1.54, 1.807) is 22.7 Å². The predicted molar refractivity (Wildman–Crippen MR) is 170 cm³/mol. The number of unbranched alkanes of at least 4 members (excludes halogenated alkanes) is 1. The molecule has 0 unspecified atom stereocenters.